The number of pyridine rings is 1. The first-order valence-corrected chi connectivity index (χ1v) is 7.78. The van der Waals surface area contributed by atoms with Crippen LogP contribution in [-0.4, -0.2) is 63.3 Å². The number of nitrogens with one attached hydrogen (secondary N) is 1. The fraction of sp³-hybridized carbons (Fsp3) is 0.375. The van der Waals surface area contributed by atoms with Crippen molar-refractivity contribution in [3.8, 4) is 11.4 Å². The van der Waals surface area contributed by atoms with Gasteiger partial charge >= 0.3 is 0 Å². The number of anilines is 1. The summed E-state index contributed by atoms with van der Waals surface area (Å²) in [6, 6.07) is 1.36. The van der Waals surface area contributed by atoms with Crippen LogP contribution >= 0.6 is 0 Å². The molecule has 3 rings (SSSR count). The first-order chi connectivity index (χ1) is 11.6. The molecule has 1 aliphatic rings. The Morgan fingerprint density at radius 1 is 1.17 bits per heavy atom. The molecule has 0 bridgehead atoms. The number of piperazine rings is 1. The van der Waals surface area contributed by atoms with E-state index in [2.05, 4.69) is 42.0 Å². The molecule has 0 aliphatic carbocycles. The average molecular weight is 329 g/mol. The maximum atomic E-state index is 13.4. The molecule has 1 saturated heterocycles. The Bertz CT molecular complexity index is 752. The molecule has 3 heterocycles. The highest BCUT2D eigenvalue weighted by Gasteiger charge is 2.16. The molecule has 0 amide bonds. The van der Waals surface area contributed by atoms with E-state index in [0.717, 1.165) is 43.8 Å². The van der Waals surface area contributed by atoms with E-state index in [1.807, 2.05) is 13.1 Å². The van der Waals surface area contributed by atoms with Crippen molar-refractivity contribution in [3.05, 3.63) is 42.5 Å². The molecule has 0 aromatic carbocycles. The Morgan fingerprint density at radius 3 is 2.71 bits per heavy atom. The Balaban J connectivity index is 2.04. The number of nitrogens with zero attached hydrogens (tertiary/aromatic N) is 6. The second-order valence-electron chi connectivity index (χ2n) is 5.74. The lowest BCUT2D eigenvalue weighted by molar-refractivity contribution is 0.312. The Kier molecular flexibility index (Phi) is 4.95. The van der Waals surface area contributed by atoms with Gasteiger partial charge in [0.1, 0.15) is 12.1 Å². The lowest BCUT2D eigenvalue weighted by atomic mass is 10.2. The summed E-state index contributed by atoms with van der Waals surface area (Å²) in [7, 11) is 2.11. The number of halogens is 1. The van der Waals surface area contributed by atoms with Crippen molar-refractivity contribution in [2.24, 2.45) is 0 Å². The summed E-state index contributed by atoms with van der Waals surface area (Å²) in [6.07, 6.45) is 5.88. The average Bonchev–Trinajstić information content (AvgIpc) is 2.66. The topological polar surface area (TPSA) is 73.8 Å². The highest BCUT2D eigenvalue weighted by atomic mass is 19.1. The standard InChI is InChI=1S/C16H20FN7/c1-12-15(24-5-3-23(2)4-6-24)10-20-21-11-19-16(22-12)13-7-14(17)9-18-8-13/h7-11,20H,3-6H2,1-2H3. The molecule has 0 unspecified atom stereocenters. The van der Waals surface area contributed by atoms with Gasteiger partial charge in [-0.15, -0.1) is 0 Å². The molecule has 0 radical (unpaired) electrons. The molecule has 1 fully saturated rings. The molecule has 2 aromatic heterocycles. The lowest BCUT2D eigenvalue weighted by Crippen LogP contribution is -2.44. The molecule has 8 heteroatoms. The van der Waals surface area contributed by atoms with Gasteiger partial charge in [-0.25, -0.2) is 14.4 Å². The number of hydrogen-bond donors (Lipinski definition) is 1. The predicted molar refractivity (Wildman–Crippen MR) is 89.4 cm³/mol. The van der Waals surface area contributed by atoms with Gasteiger partial charge in [-0.3, -0.25) is 10.1 Å². The third kappa shape index (κ3) is 3.83. The van der Waals surface area contributed by atoms with Crippen LogP contribution in [0.3, 0.4) is 0 Å². The van der Waals surface area contributed by atoms with Gasteiger partial charge in [0.05, 0.1) is 17.6 Å². The summed E-state index contributed by atoms with van der Waals surface area (Å²) in [6.45, 7) is 5.72. The molecule has 0 saturated carbocycles. The number of hydrogen-bond acceptors (Lipinski definition) is 6. The van der Waals surface area contributed by atoms with E-state index in [1.54, 1.807) is 0 Å². The minimum absolute atomic E-state index is 0.381. The number of aromatic nitrogens is 5. The van der Waals surface area contributed by atoms with Crippen LogP contribution in [0, 0.1) is 12.7 Å². The van der Waals surface area contributed by atoms with E-state index in [9.17, 15) is 4.39 Å². The third-order valence-electron chi connectivity index (χ3n) is 3.96. The highest BCUT2D eigenvalue weighted by molar-refractivity contribution is 5.55. The first-order valence-electron chi connectivity index (χ1n) is 7.78. The van der Waals surface area contributed by atoms with Crippen molar-refractivity contribution in [2.45, 2.75) is 6.92 Å². The van der Waals surface area contributed by atoms with Crippen LogP contribution in [0.15, 0.2) is 31.0 Å². The van der Waals surface area contributed by atoms with Crippen LogP contribution in [0.2, 0.25) is 0 Å². The zero-order valence-electron chi connectivity index (χ0n) is 13.8. The predicted octanol–water partition coefficient (Wildman–Crippen LogP) is 1.59. The summed E-state index contributed by atoms with van der Waals surface area (Å²) >= 11 is 0. The van der Waals surface area contributed by atoms with Gasteiger partial charge in [0, 0.05) is 44.1 Å². The molecular formula is C16H20FN7. The summed E-state index contributed by atoms with van der Waals surface area (Å²) in [5.41, 5.74) is 2.26. The molecule has 0 atom stereocenters. The van der Waals surface area contributed by atoms with Gasteiger partial charge in [0.2, 0.25) is 0 Å². The third-order valence-corrected chi connectivity index (χ3v) is 3.96. The number of likely N-dealkylation sites (N-methyl/N-ethyl adjacent to an activating group) is 1. The minimum Gasteiger partial charge on any atom is -0.366 e. The normalized spacial score (nSPS) is 15.2. The fourth-order valence-corrected chi connectivity index (χ4v) is 2.61. The van der Waals surface area contributed by atoms with Gasteiger partial charge < -0.3 is 9.80 Å². The van der Waals surface area contributed by atoms with Crippen LogP contribution in [0.1, 0.15) is 5.69 Å². The number of rotatable bonds is 2. The van der Waals surface area contributed by atoms with Crippen LogP contribution in [0.25, 0.3) is 11.4 Å². The van der Waals surface area contributed by atoms with E-state index in [0.29, 0.717) is 11.4 Å². The van der Waals surface area contributed by atoms with E-state index in [4.69, 9.17) is 0 Å². The SMILES string of the molecule is Cc1nc(-c2cncc(F)c2)ncn[nH]cc1N1CCN(C)CC1. The van der Waals surface area contributed by atoms with E-state index >= 15 is 0 Å². The maximum Gasteiger partial charge on any atom is 0.162 e. The van der Waals surface area contributed by atoms with Crippen molar-refractivity contribution in [3.63, 3.8) is 0 Å². The molecule has 1 N–H and O–H groups in total. The van der Waals surface area contributed by atoms with Crippen LogP contribution < -0.4 is 4.90 Å². The molecule has 126 valence electrons. The molecule has 0 spiro atoms. The number of aryl methyl sites for hydroxylation is 1. The zero-order valence-corrected chi connectivity index (χ0v) is 13.8. The lowest BCUT2D eigenvalue weighted by Gasteiger charge is -2.34. The summed E-state index contributed by atoms with van der Waals surface area (Å²) in [5.74, 6) is -0.0419. The number of H-pyrrole nitrogens is 1. The minimum atomic E-state index is -0.423. The second-order valence-corrected chi connectivity index (χ2v) is 5.74. The highest BCUT2D eigenvalue weighted by Crippen LogP contribution is 2.19. The van der Waals surface area contributed by atoms with E-state index in [1.165, 1.54) is 18.6 Å². The van der Waals surface area contributed by atoms with Crippen molar-refractivity contribution < 1.29 is 4.39 Å². The van der Waals surface area contributed by atoms with Gasteiger partial charge in [0.25, 0.3) is 0 Å². The van der Waals surface area contributed by atoms with Crippen molar-refractivity contribution in [2.75, 3.05) is 38.1 Å². The Hall–Kier alpha value is -2.61. The largest absolute Gasteiger partial charge is 0.366 e. The Morgan fingerprint density at radius 2 is 1.96 bits per heavy atom. The van der Waals surface area contributed by atoms with E-state index < -0.39 is 5.82 Å². The van der Waals surface area contributed by atoms with Gasteiger partial charge in [-0.05, 0) is 20.0 Å². The summed E-state index contributed by atoms with van der Waals surface area (Å²) in [4.78, 5) is 17.2. The van der Waals surface area contributed by atoms with Crippen LogP contribution in [-0.2, 0) is 0 Å². The zero-order chi connectivity index (χ0) is 16.9. The van der Waals surface area contributed by atoms with Crippen molar-refractivity contribution in [1.82, 2.24) is 30.0 Å². The van der Waals surface area contributed by atoms with Gasteiger partial charge in [-0.2, -0.15) is 5.10 Å². The maximum absolute atomic E-state index is 13.4. The van der Waals surface area contributed by atoms with Crippen molar-refractivity contribution in [1.29, 1.82) is 0 Å². The Labute approximate surface area is 139 Å². The van der Waals surface area contributed by atoms with Gasteiger partial charge in [0.15, 0.2) is 5.82 Å². The molecule has 1 aliphatic heterocycles. The quantitative estimate of drug-likeness (QED) is 0.902. The van der Waals surface area contributed by atoms with Gasteiger partial charge in [-0.1, -0.05) is 0 Å². The molecular weight excluding hydrogens is 309 g/mol. The monoisotopic (exact) mass is 329 g/mol. The smallest absolute Gasteiger partial charge is 0.162 e. The van der Waals surface area contributed by atoms with E-state index in [-0.39, 0.29) is 0 Å². The van der Waals surface area contributed by atoms with Crippen molar-refractivity contribution >= 4 is 5.69 Å². The van der Waals surface area contributed by atoms with Crippen LogP contribution in [0.4, 0.5) is 10.1 Å². The first kappa shape index (κ1) is 16.3. The molecule has 2 aromatic rings. The van der Waals surface area contributed by atoms with Crippen LogP contribution in [0.5, 0.6) is 0 Å². The molecule has 7 nitrogen and oxygen atoms in total. The summed E-state index contributed by atoms with van der Waals surface area (Å²) in [5, 5.41) is 6.89. The fourth-order valence-electron chi connectivity index (χ4n) is 2.61. The summed E-state index contributed by atoms with van der Waals surface area (Å²) < 4.78 is 13.4. The molecule has 24 heavy (non-hydrogen) atoms. The number of aromatic amines is 1. The second kappa shape index (κ2) is 7.31.